The van der Waals surface area contributed by atoms with Gasteiger partial charge in [0, 0.05) is 31.2 Å². The monoisotopic (exact) mass is 765 g/mol. The Bertz CT molecular complexity index is 1270. The third-order valence-corrected chi connectivity index (χ3v) is 13.6. The summed E-state index contributed by atoms with van der Waals surface area (Å²) >= 11 is 0. The van der Waals surface area contributed by atoms with E-state index in [9.17, 15) is 0 Å². The Morgan fingerprint density at radius 2 is 0.593 bits per heavy atom. The minimum Gasteiger partial charge on any atom is -0.357 e. The van der Waals surface area contributed by atoms with Crippen molar-refractivity contribution in [3.8, 4) is 0 Å². The van der Waals surface area contributed by atoms with E-state index < -0.39 is 0 Å². The molecule has 0 saturated carbocycles. The number of hydrogen-bond donors (Lipinski definition) is 1. The van der Waals surface area contributed by atoms with Crippen molar-refractivity contribution in [1.29, 1.82) is 0 Å². The number of nitrogens with zero attached hydrogens (tertiary/aromatic N) is 9. The molecule has 1 aromatic heterocycles. The lowest BCUT2D eigenvalue weighted by Crippen LogP contribution is -2.68. The number of nitrogens with one attached hydrogen (secondary N) is 1. The Balaban J connectivity index is 1.74. The summed E-state index contributed by atoms with van der Waals surface area (Å²) in [6, 6.07) is 0.195. The molecule has 310 valence electrons. The Labute approximate surface area is 326 Å². The number of anilines is 3. The normalized spacial score (nSPS) is 29.2. The Hall–Kier alpha value is -1.91. The summed E-state index contributed by atoms with van der Waals surface area (Å²) in [5.41, 5.74) is -3.09. The molecule has 0 aliphatic carbocycles. The molecule has 0 unspecified atom stereocenters. The Morgan fingerprint density at radius 3 is 0.759 bits per heavy atom. The van der Waals surface area contributed by atoms with Crippen LogP contribution in [0.25, 0.3) is 0 Å². The summed E-state index contributed by atoms with van der Waals surface area (Å²) in [5.74, 6) is 1.81. The standard InChI is InChI=1S/C40H76N10O4/c1-33(2)18-26(19-34(3,4)47(33)51)45(27-20-35(5,6)48(52)36(7,8)21-27)31-42-30(41-17)43-32(44-31)46(28-22-37(9,10)49(53)38(11,12)23-28)29-24-39(13,14)50(54)40(15,16)25-29/h26-29,51-54H,18-25H2,1-17H3,(H,41,42,43,44)/p+4. The molecule has 14 nitrogen and oxygen atoms in total. The van der Waals surface area contributed by atoms with Crippen LogP contribution < -0.4 is 15.1 Å². The second-order valence-electron chi connectivity index (χ2n) is 22.4. The van der Waals surface area contributed by atoms with Gasteiger partial charge in [0.2, 0.25) is 17.8 Å². The fourth-order valence-corrected chi connectivity index (χ4v) is 11.6. The minimum atomic E-state index is -0.387. The molecular weight excluding hydrogens is 685 g/mol. The molecule has 0 aromatic carbocycles. The fraction of sp³-hybridized carbons (Fsp3) is 0.925. The number of hydroxylamine groups is 8. The number of rotatable bonds is 7. The Morgan fingerprint density at radius 1 is 0.407 bits per heavy atom. The SMILES string of the molecule is CNc1nc(N(C2CC(C)(C)N([OH2+])C(C)(C)C2)C2CC(C)(C)N([OH2+])C(C)(C)C2)nc(N(C2CC(C)(C)N([OH2+])C(C)(C)C2)C2CC(C)(C)N([OH2+])C(C)(C)C2)n1. The highest BCUT2D eigenvalue weighted by Crippen LogP contribution is 2.48. The maximum Gasteiger partial charge on any atom is 0.232 e. The summed E-state index contributed by atoms with van der Waals surface area (Å²) in [7, 11) is 1.88. The van der Waals surface area contributed by atoms with Crippen molar-refractivity contribution in [2.24, 2.45) is 0 Å². The molecule has 0 radical (unpaired) electrons. The summed E-state index contributed by atoms with van der Waals surface area (Å²) in [5, 5.41) is 47.0. The van der Waals surface area contributed by atoms with Crippen LogP contribution in [0.2, 0.25) is 0 Å². The zero-order valence-corrected chi connectivity index (χ0v) is 37.0. The maximum absolute atomic E-state index is 9.14. The van der Waals surface area contributed by atoms with Crippen LogP contribution in [0.5, 0.6) is 0 Å². The van der Waals surface area contributed by atoms with Gasteiger partial charge in [-0.05, 0) is 162 Å². The predicted octanol–water partition coefficient (Wildman–Crippen LogP) is 4.17. The van der Waals surface area contributed by atoms with E-state index in [1.54, 1.807) is 20.3 Å². The molecule has 4 aliphatic rings. The molecule has 54 heavy (non-hydrogen) atoms. The molecule has 0 amide bonds. The van der Waals surface area contributed by atoms with Crippen LogP contribution in [0.4, 0.5) is 17.8 Å². The lowest BCUT2D eigenvalue weighted by Gasteiger charge is -2.56. The zero-order chi connectivity index (χ0) is 41.0. The average Bonchev–Trinajstić information content (AvgIpc) is 2.99. The first-order chi connectivity index (χ1) is 24.3. The van der Waals surface area contributed by atoms with E-state index in [2.05, 4.69) is 126 Å². The highest BCUT2D eigenvalue weighted by Gasteiger charge is 2.57. The third kappa shape index (κ3) is 7.84. The first-order valence-electron chi connectivity index (χ1n) is 20.3. The molecule has 0 spiro atoms. The Kier molecular flexibility index (Phi) is 10.9. The van der Waals surface area contributed by atoms with Gasteiger partial charge in [-0.1, -0.05) is 20.3 Å². The van der Waals surface area contributed by atoms with Gasteiger partial charge in [0.25, 0.3) is 0 Å². The summed E-state index contributed by atoms with van der Waals surface area (Å²) < 4.78 is 0. The molecule has 5 rings (SSSR count). The maximum atomic E-state index is 9.14. The second kappa shape index (κ2) is 13.6. The topological polar surface area (TPSA) is 162 Å². The highest BCUT2D eigenvalue weighted by molar-refractivity contribution is 5.49. The predicted molar refractivity (Wildman–Crippen MR) is 221 cm³/mol. The van der Waals surface area contributed by atoms with Crippen LogP contribution in [0.15, 0.2) is 0 Å². The van der Waals surface area contributed by atoms with Gasteiger partial charge < -0.3 is 35.9 Å². The lowest BCUT2D eigenvalue weighted by molar-refractivity contribution is -0.251. The van der Waals surface area contributed by atoms with Crippen molar-refractivity contribution in [2.75, 3.05) is 22.2 Å². The molecule has 9 N–H and O–H groups in total. The molecule has 4 saturated heterocycles. The van der Waals surface area contributed by atoms with Gasteiger partial charge in [0.1, 0.15) is 0 Å². The van der Waals surface area contributed by atoms with Crippen molar-refractivity contribution < 1.29 is 20.8 Å². The van der Waals surface area contributed by atoms with Crippen LogP contribution in [0.3, 0.4) is 0 Å². The van der Waals surface area contributed by atoms with Crippen LogP contribution in [0.1, 0.15) is 162 Å². The summed E-state index contributed by atoms with van der Waals surface area (Å²) in [6.07, 6.45) is 6.19. The van der Waals surface area contributed by atoms with E-state index in [1.807, 2.05) is 7.05 Å². The van der Waals surface area contributed by atoms with Crippen LogP contribution in [-0.2, 0) is 0 Å². The van der Waals surface area contributed by atoms with E-state index in [0.717, 1.165) is 51.4 Å². The van der Waals surface area contributed by atoms with E-state index in [-0.39, 0.29) is 68.5 Å². The van der Waals surface area contributed by atoms with Gasteiger partial charge in [0.05, 0.1) is 44.3 Å². The number of piperidine rings is 4. The van der Waals surface area contributed by atoms with Gasteiger partial charge in [-0.2, -0.15) is 15.0 Å². The van der Waals surface area contributed by atoms with Crippen LogP contribution in [-0.4, -0.2) is 132 Å². The van der Waals surface area contributed by atoms with Crippen molar-refractivity contribution in [3.05, 3.63) is 0 Å². The van der Waals surface area contributed by atoms with E-state index in [0.29, 0.717) is 17.8 Å². The van der Waals surface area contributed by atoms with Crippen molar-refractivity contribution in [3.63, 3.8) is 0 Å². The van der Waals surface area contributed by atoms with Gasteiger partial charge in [-0.25, -0.2) is 0 Å². The fourth-order valence-electron chi connectivity index (χ4n) is 11.6. The minimum absolute atomic E-state index is 0.0488. The second-order valence-corrected chi connectivity index (χ2v) is 22.4. The smallest absolute Gasteiger partial charge is 0.232 e. The quantitative estimate of drug-likeness (QED) is 0.399. The molecule has 4 fully saturated rings. The molecule has 4 aliphatic heterocycles. The van der Waals surface area contributed by atoms with Crippen molar-refractivity contribution in [1.82, 2.24) is 35.2 Å². The van der Waals surface area contributed by atoms with Gasteiger partial charge in [-0.15, -0.1) is 0 Å². The first-order valence-corrected chi connectivity index (χ1v) is 20.3. The molecule has 0 bridgehead atoms. The third-order valence-electron chi connectivity index (χ3n) is 13.6. The first kappa shape index (κ1) is 43.2. The highest BCUT2D eigenvalue weighted by atomic mass is 16.5. The zero-order valence-electron chi connectivity index (χ0n) is 37.0. The number of aromatic nitrogens is 3. The lowest BCUT2D eigenvalue weighted by atomic mass is 9.74. The van der Waals surface area contributed by atoms with Gasteiger partial charge >= 0.3 is 0 Å². The van der Waals surface area contributed by atoms with E-state index in [1.165, 1.54) is 0 Å². The molecule has 5 heterocycles. The van der Waals surface area contributed by atoms with Gasteiger partial charge in [0.15, 0.2) is 0 Å². The van der Waals surface area contributed by atoms with Crippen molar-refractivity contribution >= 4 is 17.8 Å². The van der Waals surface area contributed by atoms with Gasteiger partial charge in [-0.3, -0.25) is 0 Å². The summed E-state index contributed by atoms with van der Waals surface area (Å²) in [6.45, 7) is 34.8. The van der Waals surface area contributed by atoms with Crippen LogP contribution >= 0.6 is 0 Å². The largest absolute Gasteiger partial charge is 0.357 e. The van der Waals surface area contributed by atoms with E-state index in [4.69, 9.17) is 35.8 Å². The molecule has 1 aromatic rings. The molecule has 14 heteroatoms. The molecule has 0 atom stereocenters. The number of hydrogen-bond acceptors (Lipinski definition) is 10. The van der Waals surface area contributed by atoms with E-state index >= 15 is 0 Å². The average molecular weight is 765 g/mol. The van der Waals surface area contributed by atoms with Crippen molar-refractivity contribution in [2.45, 2.75) is 231 Å². The van der Waals surface area contributed by atoms with Crippen LogP contribution in [0, 0.1) is 0 Å². The molecular formula is C40H80N10O4+4. The summed E-state index contributed by atoms with van der Waals surface area (Å²) in [4.78, 5) is 21.0.